The summed E-state index contributed by atoms with van der Waals surface area (Å²) in [4.78, 5) is 24.2. The van der Waals surface area contributed by atoms with Crippen molar-refractivity contribution in [1.82, 2.24) is 0 Å². The number of benzene rings is 2. The Bertz CT molecular complexity index is 783. The molecule has 0 saturated heterocycles. The molecule has 2 N–H and O–H groups in total. The van der Waals surface area contributed by atoms with Gasteiger partial charge in [-0.15, -0.1) is 0 Å². The lowest BCUT2D eigenvalue weighted by atomic mass is 9.94. The van der Waals surface area contributed by atoms with Crippen molar-refractivity contribution in [2.75, 3.05) is 26.6 Å². The van der Waals surface area contributed by atoms with E-state index in [1.54, 1.807) is 24.3 Å². The Kier molecular flexibility index (Phi) is 7.05. The third kappa shape index (κ3) is 5.13. The van der Waals surface area contributed by atoms with Crippen LogP contribution in [0.25, 0.3) is 0 Å². The van der Waals surface area contributed by atoms with Gasteiger partial charge in [-0.05, 0) is 30.2 Å². The molecule has 2 rings (SSSR count). The number of nitrogens with one attached hydrogen (secondary N) is 1. The average Bonchev–Trinajstić information content (AvgIpc) is 2.67. The van der Waals surface area contributed by atoms with Gasteiger partial charge in [-0.2, -0.15) is 0 Å². The number of amides is 1. The molecule has 2 aromatic rings. The van der Waals surface area contributed by atoms with Gasteiger partial charge in [0.25, 0.3) is 0 Å². The predicted molar refractivity (Wildman–Crippen MR) is 101 cm³/mol. The second-order valence-electron chi connectivity index (χ2n) is 5.84. The topological polar surface area (TPSA) is 94.1 Å². The normalized spacial score (nSPS) is 11.4. The third-order valence-corrected chi connectivity index (χ3v) is 4.13. The van der Waals surface area contributed by atoms with E-state index in [0.717, 1.165) is 5.56 Å². The molecule has 0 heterocycles. The van der Waals surface area contributed by atoms with Crippen molar-refractivity contribution in [3.05, 3.63) is 48.0 Å². The highest BCUT2D eigenvalue weighted by Crippen LogP contribution is 2.35. The standard InChI is InChI=1S/C20H23NO6/c1-25-15-8-5-4-7-13(15)11-14(12-18(22)23)20(24)21-19-16(26-2)9-6-10-17(19)27-3/h4-10,14H,11-12H2,1-3H3,(H,21,24)(H,22,23). The first-order valence-electron chi connectivity index (χ1n) is 8.35. The molecule has 0 bridgehead atoms. The fourth-order valence-corrected chi connectivity index (χ4v) is 2.81. The van der Waals surface area contributed by atoms with Crippen molar-refractivity contribution in [1.29, 1.82) is 0 Å². The van der Waals surface area contributed by atoms with Gasteiger partial charge >= 0.3 is 5.97 Å². The zero-order valence-corrected chi connectivity index (χ0v) is 15.5. The van der Waals surface area contributed by atoms with E-state index < -0.39 is 17.8 Å². The Hall–Kier alpha value is -3.22. The minimum atomic E-state index is -1.06. The summed E-state index contributed by atoms with van der Waals surface area (Å²) >= 11 is 0. The van der Waals surface area contributed by atoms with Crippen molar-refractivity contribution in [2.24, 2.45) is 5.92 Å². The highest BCUT2D eigenvalue weighted by atomic mass is 16.5. The zero-order chi connectivity index (χ0) is 19.8. The van der Waals surface area contributed by atoms with Crippen LogP contribution in [0.1, 0.15) is 12.0 Å². The summed E-state index contributed by atoms with van der Waals surface area (Å²) in [6.45, 7) is 0. The Morgan fingerprint density at radius 1 is 0.926 bits per heavy atom. The lowest BCUT2D eigenvalue weighted by Gasteiger charge is -2.19. The van der Waals surface area contributed by atoms with Gasteiger partial charge in [0.15, 0.2) is 0 Å². The number of carboxylic acid groups (broad SMARTS) is 1. The summed E-state index contributed by atoms with van der Waals surface area (Å²) in [6, 6.07) is 12.3. The summed E-state index contributed by atoms with van der Waals surface area (Å²) in [6.07, 6.45) is -0.0963. The van der Waals surface area contributed by atoms with E-state index in [0.29, 0.717) is 22.9 Å². The summed E-state index contributed by atoms with van der Waals surface area (Å²) in [5.41, 5.74) is 1.12. The molecule has 0 aliphatic rings. The van der Waals surface area contributed by atoms with Gasteiger partial charge in [0, 0.05) is 0 Å². The lowest BCUT2D eigenvalue weighted by molar-refractivity contribution is -0.140. The number of carbonyl (C=O) groups excluding carboxylic acids is 1. The minimum absolute atomic E-state index is 0.222. The van der Waals surface area contributed by atoms with Gasteiger partial charge in [0.1, 0.15) is 22.9 Å². The SMILES string of the molecule is COc1ccccc1CC(CC(=O)O)C(=O)Nc1c(OC)cccc1OC. The van der Waals surface area contributed by atoms with E-state index in [4.69, 9.17) is 14.2 Å². The molecule has 2 aromatic carbocycles. The van der Waals surface area contributed by atoms with E-state index in [9.17, 15) is 14.7 Å². The maximum atomic E-state index is 12.9. The molecule has 27 heavy (non-hydrogen) atoms. The van der Waals surface area contributed by atoms with Gasteiger partial charge in [-0.1, -0.05) is 24.3 Å². The number of para-hydroxylation sites is 2. The van der Waals surface area contributed by atoms with E-state index in [1.807, 2.05) is 18.2 Å². The largest absolute Gasteiger partial charge is 0.496 e. The second kappa shape index (κ2) is 9.47. The average molecular weight is 373 g/mol. The van der Waals surface area contributed by atoms with Crippen molar-refractivity contribution < 1.29 is 28.9 Å². The van der Waals surface area contributed by atoms with Crippen LogP contribution in [0.15, 0.2) is 42.5 Å². The Labute approximate surface area is 157 Å². The van der Waals surface area contributed by atoms with E-state index in [-0.39, 0.29) is 12.8 Å². The smallest absolute Gasteiger partial charge is 0.304 e. The molecule has 0 aliphatic carbocycles. The summed E-state index contributed by atoms with van der Waals surface area (Å²) in [7, 11) is 4.49. The fourth-order valence-electron chi connectivity index (χ4n) is 2.81. The quantitative estimate of drug-likeness (QED) is 0.702. The Balaban J connectivity index is 2.29. The molecular weight excluding hydrogens is 350 g/mol. The molecule has 1 atom stereocenters. The predicted octanol–water partition coefficient (Wildman–Crippen LogP) is 2.98. The van der Waals surface area contributed by atoms with Gasteiger partial charge in [0.2, 0.25) is 5.91 Å². The Morgan fingerprint density at radius 2 is 1.48 bits per heavy atom. The van der Waals surface area contributed by atoms with Crippen LogP contribution in [0.2, 0.25) is 0 Å². The van der Waals surface area contributed by atoms with Crippen LogP contribution in [0, 0.1) is 5.92 Å². The molecule has 0 saturated carbocycles. The van der Waals surface area contributed by atoms with Crippen molar-refractivity contribution in [3.63, 3.8) is 0 Å². The summed E-state index contributed by atoms with van der Waals surface area (Å²) in [5.74, 6) is -0.838. The number of hydrogen-bond acceptors (Lipinski definition) is 5. The maximum Gasteiger partial charge on any atom is 0.304 e. The van der Waals surface area contributed by atoms with Gasteiger partial charge in [-0.25, -0.2) is 0 Å². The molecule has 0 aromatic heterocycles. The molecule has 0 fully saturated rings. The van der Waals surface area contributed by atoms with E-state index in [2.05, 4.69) is 5.32 Å². The van der Waals surface area contributed by atoms with Crippen LogP contribution in [0.5, 0.6) is 17.2 Å². The number of ether oxygens (including phenoxy) is 3. The number of aliphatic carboxylic acids is 1. The van der Waals surface area contributed by atoms with Crippen LogP contribution in [-0.2, 0) is 16.0 Å². The van der Waals surface area contributed by atoms with Crippen LogP contribution in [0.3, 0.4) is 0 Å². The minimum Gasteiger partial charge on any atom is -0.496 e. The first kappa shape index (κ1) is 20.1. The second-order valence-corrected chi connectivity index (χ2v) is 5.84. The number of carbonyl (C=O) groups is 2. The molecular formula is C20H23NO6. The monoisotopic (exact) mass is 373 g/mol. The number of rotatable bonds is 9. The molecule has 1 amide bonds. The molecule has 144 valence electrons. The van der Waals surface area contributed by atoms with Crippen LogP contribution >= 0.6 is 0 Å². The first-order chi connectivity index (χ1) is 13.0. The summed E-state index contributed by atoms with van der Waals surface area (Å²) < 4.78 is 15.8. The van der Waals surface area contributed by atoms with Crippen LogP contribution in [-0.4, -0.2) is 38.3 Å². The van der Waals surface area contributed by atoms with E-state index >= 15 is 0 Å². The fraction of sp³-hybridized carbons (Fsp3) is 0.300. The molecule has 0 spiro atoms. The molecule has 0 radical (unpaired) electrons. The number of anilines is 1. The van der Waals surface area contributed by atoms with Gasteiger partial charge in [0.05, 0.1) is 33.7 Å². The van der Waals surface area contributed by atoms with Crippen molar-refractivity contribution in [3.8, 4) is 17.2 Å². The van der Waals surface area contributed by atoms with Gasteiger partial charge < -0.3 is 24.6 Å². The zero-order valence-electron chi connectivity index (χ0n) is 15.5. The van der Waals surface area contributed by atoms with E-state index in [1.165, 1.54) is 21.3 Å². The Morgan fingerprint density at radius 3 is 2.04 bits per heavy atom. The highest BCUT2D eigenvalue weighted by molar-refractivity contribution is 5.97. The maximum absolute atomic E-state index is 12.9. The number of carboxylic acids is 1. The highest BCUT2D eigenvalue weighted by Gasteiger charge is 2.25. The number of hydrogen-bond donors (Lipinski definition) is 2. The molecule has 1 unspecified atom stereocenters. The van der Waals surface area contributed by atoms with Crippen molar-refractivity contribution in [2.45, 2.75) is 12.8 Å². The molecule has 7 heteroatoms. The summed E-state index contributed by atoms with van der Waals surface area (Å²) in [5, 5.41) is 12.0. The lowest BCUT2D eigenvalue weighted by Crippen LogP contribution is -2.27. The third-order valence-electron chi connectivity index (χ3n) is 4.13. The molecule has 0 aliphatic heterocycles. The van der Waals surface area contributed by atoms with Gasteiger partial charge in [-0.3, -0.25) is 9.59 Å². The first-order valence-corrected chi connectivity index (χ1v) is 8.35. The van der Waals surface area contributed by atoms with Crippen molar-refractivity contribution >= 4 is 17.6 Å². The molecule has 7 nitrogen and oxygen atoms in total. The number of methoxy groups -OCH3 is 3. The van der Waals surface area contributed by atoms with Crippen LogP contribution in [0.4, 0.5) is 5.69 Å². The van der Waals surface area contributed by atoms with Crippen LogP contribution < -0.4 is 19.5 Å².